The second-order valence-corrected chi connectivity index (χ2v) is 4.35. The van der Waals surface area contributed by atoms with Gasteiger partial charge in [-0.2, -0.15) is 0 Å². The molecule has 20 heavy (non-hydrogen) atoms. The molecule has 110 valence electrons. The van der Waals surface area contributed by atoms with E-state index >= 15 is 0 Å². The molecule has 0 amide bonds. The fraction of sp³-hybridized carbons (Fsp3) is 0.385. The van der Waals surface area contributed by atoms with Crippen LogP contribution in [0.15, 0.2) is 18.2 Å². The minimum absolute atomic E-state index is 0.0859. The van der Waals surface area contributed by atoms with Gasteiger partial charge in [0.2, 0.25) is 0 Å². The van der Waals surface area contributed by atoms with Crippen molar-refractivity contribution in [3.8, 4) is 0 Å². The highest BCUT2D eigenvalue weighted by Gasteiger charge is 2.10. The number of anilines is 1. The Kier molecular flexibility index (Phi) is 5.92. The van der Waals surface area contributed by atoms with Crippen LogP contribution in [0.25, 0.3) is 0 Å². The Labute approximate surface area is 115 Å². The lowest BCUT2D eigenvalue weighted by Gasteiger charge is -2.20. The molecule has 6 nitrogen and oxygen atoms in total. The Morgan fingerprint density at radius 3 is 2.60 bits per heavy atom. The van der Waals surface area contributed by atoms with Gasteiger partial charge in [0.05, 0.1) is 18.7 Å². The van der Waals surface area contributed by atoms with Crippen LogP contribution in [0.3, 0.4) is 0 Å². The number of nitrogens with one attached hydrogen (secondary N) is 1. The molecule has 0 spiro atoms. The second kappa shape index (κ2) is 7.44. The van der Waals surface area contributed by atoms with Gasteiger partial charge in [-0.25, -0.2) is 4.39 Å². The zero-order valence-electron chi connectivity index (χ0n) is 11.1. The highest BCUT2D eigenvalue weighted by Crippen LogP contribution is 2.20. The highest BCUT2D eigenvalue weighted by molar-refractivity contribution is 5.69. The molecular weight excluding hydrogens is 267 g/mol. The third kappa shape index (κ3) is 5.23. The van der Waals surface area contributed by atoms with Crippen molar-refractivity contribution in [2.75, 3.05) is 25.0 Å². The normalized spacial score (nSPS) is 10.3. The van der Waals surface area contributed by atoms with E-state index in [0.29, 0.717) is 12.2 Å². The maximum Gasteiger partial charge on any atom is 0.317 e. The van der Waals surface area contributed by atoms with Gasteiger partial charge in [0.1, 0.15) is 5.82 Å². The highest BCUT2D eigenvalue weighted by atomic mass is 19.1. The molecular formula is C13H17FN2O4. The number of carboxylic acid groups (broad SMARTS) is 2. The van der Waals surface area contributed by atoms with E-state index in [9.17, 15) is 14.0 Å². The van der Waals surface area contributed by atoms with Crippen molar-refractivity contribution >= 4 is 17.6 Å². The number of aliphatic carboxylic acids is 2. The molecule has 1 aromatic rings. The van der Waals surface area contributed by atoms with Crippen LogP contribution >= 0.6 is 0 Å². The Balaban J connectivity index is 2.70. The lowest BCUT2D eigenvalue weighted by Crippen LogP contribution is -2.24. The van der Waals surface area contributed by atoms with E-state index in [4.69, 9.17) is 10.2 Å². The van der Waals surface area contributed by atoms with E-state index in [1.165, 1.54) is 11.0 Å². The first-order valence-electron chi connectivity index (χ1n) is 6.04. The molecule has 0 aliphatic heterocycles. The number of hydrogen-bond acceptors (Lipinski definition) is 4. The predicted molar refractivity (Wildman–Crippen MR) is 71.3 cm³/mol. The molecule has 0 unspecified atom stereocenters. The molecule has 0 heterocycles. The summed E-state index contributed by atoms with van der Waals surface area (Å²) in [4.78, 5) is 22.4. The van der Waals surface area contributed by atoms with Crippen LogP contribution < -0.4 is 10.2 Å². The lowest BCUT2D eigenvalue weighted by atomic mass is 10.1. The number of nitrogens with zero attached hydrogens (tertiary/aromatic N) is 1. The lowest BCUT2D eigenvalue weighted by molar-refractivity contribution is -0.137. The SMILES string of the molecule is CN(CCC(=O)O)c1cc(CNCC(=O)O)ccc1F. The van der Waals surface area contributed by atoms with Crippen LogP contribution in [0.2, 0.25) is 0 Å². The van der Waals surface area contributed by atoms with Crippen LogP contribution in [-0.2, 0) is 16.1 Å². The summed E-state index contributed by atoms with van der Waals surface area (Å²) in [7, 11) is 1.61. The van der Waals surface area contributed by atoms with Crippen LogP contribution in [0.1, 0.15) is 12.0 Å². The first kappa shape index (κ1) is 15.9. The van der Waals surface area contributed by atoms with Gasteiger partial charge >= 0.3 is 11.9 Å². The van der Waals surface area contributed by atoms with Crippen molar-refractivity contribution in [3.05, 3.63) is 29.6 Å². The topological polar surface area (TPSA) is 89.9 Å². The minimum Gasteiger partial charge on any atom is -0.481 e. The van der Waals surface area contributed by atoms with Gasteiger partial charge in [-0.05, 0) is 17.7 Å². The molecule has 1 rings (SSSR count). The number of carboxylic acids is 2. The largest absolute Gasteiger partial charge is 0.481 e. The van der Waals surface area contributed by atoms with E-state index in [-0.39, 0.29) is 19.5 Å². The molecule has 0 saturated heterocycles. The maximum atomic E-state index is 13.7. The van der Waals surface area contributed by atoms with E-state index in [0.717, 1.165) is 5.56 Å². The smallest absolute Gasteiger partial charge is 0.317 e. The average molecular weight is 284 g/mol. The van der Waals surface area contributed by atoms with Gasteiger partial charge in [0.25, 0.3) is 0 Å². The summed E-state index contributed by atoms with van der Waals surface area (Å²) < 4.78 is 13.7. The van der Waals surface area contributed by atoms with Crippen molar-refractivity contribution < 1.29 is 24.2 Å². The summed E-state index contributed by atoms with van der Waals surface area (Å²) in [5.41, 5.74) is 1.02. The van der Waals surface area contributed by atoms with E-state index in [1.54, 1.807) is 19.2 Å². The van der Waals surface area contributed by atoms with Gasteiger partial charge in [-0.15, -0.1) is 0 Å². The number of carbonyl (C=O) groups is 2. The molecule has 7 heteroatoms. The third-order valence-corrected chi connectivity index (χ3v) is 2.69. The van der Waals surface area contributed by atoms with Crippen molar-refractivity contribution in [1.82, 2.24) is 5.32 Å². The maximum absolute atomic E-state index is 13.7. The molecule has 0 aliphatic carbocycles. The Hall–Kier alpha value is -2.15. The van der Waals surface area contributed by atoms with Crippen LogP contribution in [0.4, 0.5) is 10.1 Å². The molecule has 3 N–H and O–H groups in total. The number of hydrogen-bond donors (Lipinski definition) is 3. The Bertz CT molecular complexity index is 493. The van der Waals surface area contributed by atoms with Gasteiger partial charge in [-0.1, -0.05) is 6.07 Å². The standard InChI is InChI=1S/C13H17FN2O4/c1-16(5-4-12(17)18)11-6-9(2-3-10(11)14)7-15-8-13(19)20/h2-3,6,15H,4-5,7-8H2,1H3,(H,17,18)(H,19,20). The van der Waals surface area contributed by atoms with Crippen LogP contribution in [0.5, 0.6) is 0 Å². The van der Waals surface area contributed by atoms with E-state index in [1.807, 2.05) is 0 Å². The van der Waals surface area contributed by atoms with Gasteiger partial charge in [0, 0.05) is 20.1 Å². The fourth-order valence-corrected chi connectivity index (χ4v) is 1.66. The van der Waals surface area contributed by atoms with E-state index < -0.39 is 17.8 Å². The first-order valence-corrected chi connectivity index (χ1v) is 6.04. The average Bonchev–Trinajstić information content (AvgIpc) is 2.37. The summed E-state index contributed by atoms with van der Waals surface area (Å²) in [5, 5.41) is 19.8. The van der Waals surface area contributed by atoms with Crippen molar-refractivity contribution in [3.63, 3.8) is 0 Å². The molecule has 0 fully saturated rings. The molecule has 0 aliphatic rings. The molecule has 0 bridgehead atoms. The van der Waals surface area contributed by atoms with Gasteiger partial charge < -0.3 is 20.4 Å². The zero-order valence-corrected chi connectivity index (χ0v) is 11.1. The third-order valence-electron chi connectivity index (χ3n) is 2.69. The summed E-state index contributed by atoms with van der Waals surface area (Å²) in [5.74, 6) is -2.36. The first-order chi connectivity index (χ1) is 9.40. The second-order valence-electron chi connectivity index (χ2n) is 4.35. The van der Waals surface area contributed by atoms with E-state index in [2.05, 4.69) is 5.32 Å². The van der Waals surface area contributed by atoms with Crippen LogP contribution in [0, 0.1) is 5.82 Å². The van der Waals surface area contributed by atoms with Crippen LogP contribution in [-0.4, -0.2) is 42.3 Å². The predicted octanol–water partition coefficient (Wildman–Crippen LogP) is 0.911. The minimum atomic E-state index is -0.967. The quantitative estimate of drug-likeness (QED) is 0.657. The van der Waals surface area contributed by atoms with Gasteiger partial charge in [0.15, 0.2) is 0 Å². The van der Waals surface area contributed by atoms with Crippen molar-refractivity contribution in [1.29, 1.82) is 0 Å². The number of rotatable bonds is 8. The Morgan fingerprint density at radius 2 is 2.00 bits per heavy atom. The number of halogens is 1. The Morgan fingerprint density at radius 1 is 1.30 bits per heavy atom. The monoisotopic (exact) mass is 284 g/mol. The van der Waals surface area contributed by atoms with Crippen molar-refractivity contribution in [2.45, 2.75) is 13.0 Å². The fourth-order valence-electron chi connectivity index (χ4n) is 1.66. The molecule has 0 radical (unpaired) electrons. The van der Waals surface area contributed by atoms with Crippen molar-refractivity contribution in [2.24, 2.45) is 0 Å². The summed E-state index contributed by atoms with van der Waals surface area (Å²) in [6.07, 6.45) is -0.0859. The molecule has 0 atom stereocenters. The summed E-state index contributed by atoms with van der Waals surface area (Å²) >= 11 is 0. The molecule has 0 saturated carbocycles. The molecule has 0 aromatic heterocycles. The zero-order chi connectivity index (χ0) is 15.1. The summed E-state index contributed by atoms with van der Waals surface area (Å²) in [6.45, 7) is 0.312. The number of benzene rings is 1. The van der Waals surface area contributed by atoms with Gasteiger partial charge in [-0.3, -0.25) is 9.59 Å². The molecule has 1 aromatic carbocycles. The summed E-state index contributed by atoms with van der Waals surface area (Å²) in [6, 6.07) is 4.41.